The Balaban J connectivity index is 2.46. The van der Waals surface area contributed by atoms with Gasteiger partial charge in [0.05, 0.1) is 5.69 Å². The summed E-state index contributed by atoms with van der Waals surface area (Å²) in [7, 11) is 0. The third-order valence-corrected chi connectivity index (χ3v) is 2.97. The standard InChI is InChI=1S/C15H14F4N4O4/c1-14(2,3)27-13(26)21-11-6(16)4-5-7(20-11)9-8(12(24)25)10(23-22-9)15(17,18)19/h4-5H,1-3H3,(H,22,23)(H,24,25)(H,20,21,26). The van der Waals surface area contributed by atoms with Crippen molar-refractivity contribution >= 4 is 17.9 Å². The molecule has 2 aromatic heterocycles. The molecule has 27 heavy (non-hydrogen) atoms. The number of aromatic nitrogens is 3. The Labute approximate surface area is 149 Å². The molecule has 0 radical (unpaired) electrons. The van der Waals surface area contributed by atoms with E-state index in [-0.39, 0.29) is 0 Å². The molecule has 146 valence electrons. The predicted molar refractivity (Wildman–Crippen MR) is 83.6 cm³/mol. The Morgan fingerprint density at radius 2 is 1.85 bits per heavy atom. The van der Waals surface area contributed by atoms with Crippen molar-refractivity contribution in [1.82, 2.24) is 15.2 Å². The highest BCUT2D eigenvalue weighted by atomic mass is 19.4. The highest BCUT2D eigenvalue weighted by Gasteiger charge is 2.40. The molecule has 0 aliphatic rings. The number of carboxylic acid groups (broad SMARTS) is 1. The fourth-order valence-electron chi connectivity index (χ4n) is 2.00. The van der Waals surface area contributed by atoms with E-state index < -0.39 is 58.1 Å². The molecule has 0 atom stereocenters. The van der Waals surface area contributed by atoms with E-state index in [1.54, 1.807) is 25.9 Å². The van der Waals surface area contributed by atoms with Crippen LogP contribution in [0, 0.1) is 5.82 Å². The summed E-state index contributed by atoms with van der Waals surface area (Å²) in [5, 5.41) is 16.0. The van der Waals surface area contributed by atoms with Crippen LogP contribution in [0.5, 0.6) is 0 Å². The Bertz CT molecular complexity index is 887. The molecule has 2 heterocycles. The van der Waals surface area contributed by atoms with Crippen molar-refractivity contribution in [3.8, 4) is 11.4 Å². The zero-order valence-corrected chi connectivity index (χ0v) is 14.2. The summed E-state index contributed by atoms with van der Waals surface area (Å²) in [6.07, 6.45) is -6.06. The van der Waals surface area contributed by atoms with Gasteiger partial charge in [0.2, 0.25) is 0 Å². The molecule has 12 heteroatoms. The number of hydrogen-bond donors (Lipinski definition) is 3. The molecule has 1 amide bonds. The molecule has 0 saturated carbocycles. The number of amides is 1. The van der Waals surface area contributed by atoms with Crippen molar-refractivity contribution in [3.63, 3.8) is 0 Å². The number of nitrogens with zero attached hydrogens (tertiary/aromatic N) is 2. The molecule has 3 N–H and O–H groups in total. The van der Waals surface area contributed by atoms with Crippen molar-refractivity contribution in [2.45, 2.75) is 32.5 Å². The Kier molecular flexibility index (Phi) is 5.11. The van der Waals surface area contributed by atoms with Gasteiger partial charge in [0.15, 0.2) is 17.3 Å². The van der Waals surface area contributed by atoms with Crippen molar-refractivity contribution in [3.05, 3.63) is 29.2 Å². The second-order valence-corrected chi connectivity index (χ2v) is 6.28. The molecular weight excluding hydrogens is 376 g/mol. The first-order chi connectivity index (χ1) is 12.3. The molecule has 0 aliphatic carbocycles. The number of pyridine rings is 1. The number of H-pyrrole nitrogens is 1. The van der Waals surface area contributed by atoms with E-state index in [9.17, 15) is 27.2 Å². The van der Waals surface area contributed by atoms with Crippen molar-refractivity contribution in [2.75, 3.05) is 5.32 Å². The second kappa shape index (κ2) is 6.85. The number of aromatic carboxylic acids is 1. The quantitative estimate of drug-likeness (QED) is 0.689. The number of nitrogens with one attached hydrogen (secondary N) is 2. The van der Waals surface area contributed by atoms with Gasteiger partial charge in [-0.3, -0.25) is 10.4 Å². The van der Waals surface area contributed by atoms with Crippen LogP contribution in [0.3, 0.4) is 0 Å². The molecule has 0 bridgehead atoms. The van der Waals surface area contributed by atoms with Crippen LogP contribution in [0.2, 0.25) is 0 Å². The van der Waals surface area contributed by atoms with Gasteiger partial charge in [-0.25, -0.2) is 19.0 Å². The first-order valence-electron chi connectivity index (χ1n) is 7.35. The van der Waals surface area contributed by atoms with E-state index in [1.165, 1.54) is 0 Å². The van der Waals surface area contributed by atoms with E-state index in [4.69, 9.17) is 9.84 Å². The zero-order valence-electron chi connectivity index (χ0n) is 14.2. The lowest BCUT2D eigenvalue weighted by molar-refractivity contribution is -0.141. The van der Waals surface area contributed by atoms with Crippen LogP contribution in [0.25, 0.3) is 11.4 Å². The topological polar surface area (TPSA) is 117 Å². The van der Waals surface area contributed by atoms with Gasteiger partial charge in [-0.1, -0.05) is 0 Å². The highest BCUT2D eigenvalue weighted by molar-refractivity contribution is 5.96. The monoisotopic (exact) mass is 390 g/mol. The third-order valence-electron chi connectivity index (χ3n) is 2.97. The van der Waals surface area contributed by atoms with Crippen LogP contribution in [-0.2, 0) is 10.9 Å². The molecule has 2 aromatic rings. The molecule has 0 saturated heterocycles. The maximum absolute atomic E-state index is 13.9. The van der Waals surface area contributed by atoms with E-state index in [2.05, 4.69) is 10.1 Å². The number of carbonyl (C=O) groups excluding carboxylic acids is 1. The van der Waals surface area contributed by atoms with Crippen LogP contribution >= 0.6 is 0 Å². The normalized spacial score (nSPS) is 12.0. The van der Waals surface area contributed by atoms with Gasteiger partial charge in [0.25, 0.3) is 0 Å². The highest BCUT2D eigenvalue weighted by Crippen LogP contribution is 2.35. The van der Waals surface area contributed by atoms with E-state index in [0.717, 1.165) is 12.1 Å². The van der Waals surface area contributed by atoms with Crippen molar-refractivity contribution < 1.29 is 37.0 Å². The minimum Gasteiger partial charge on any atom is -0.478 e. The summed E-state index contributed by atoms with van der Waals surface area (Å²) >= 11 is 0. The predicted octanol–water partition coefficient (Wildman–Crippen LogP) is 3.67. The van der Waals surface area contributed by atoms with Crippen LogP contribution < -0.4 is 5.32 Å². The van der Waals surface area contributed by atoms with Crippen LogP contribution in [-0.4, -0.2) is 38.0 Å². The van der Waals surface area contributed by atoms with Crippen LogP contribution in [0.15, 0.2) is 12.1 Å². The summed E-state index contributed by atoms with van der Waals surface area (Å²) in [6.45, 7) is 4.69. The molecule has 0 fully saturated rings. The number of carbonyl (C=O) groups is 2. The van der Waals surface area contributed by atoms with Gasteiger partial charge in [0, 0.05) is 0 Å². The molecule has 0 spiro atoms. The number of anilines is 1. The average Bonchev–Trinajstić information content (AvgIpc) is 2.92. The minimum atomic E-state index is -5.00. The maximum atomic E-state index is 13.9. The van der Waals surface area contributed by atoms with Gasteiger partial charge in [-0.2, -0.15) is 18.3 Å². The first-order valence-corrected chi connectivity index (χ1v) is 7.35. The van der Waals surface area contributed by atoms with E-state index in [1.807, 2.05) is 5.32 Å². The number of ether oxygens (including phenoxy) is 1. The zero-order chi connectivity index (χ0) is 20.6. The van der Waals surface area contributed by atoms with E-state index in [0.29, 0.717) is 0 Å². The molecule has 2 rings (SSSR count). The summed E-state index contributed by atoms with van der Waals surface area (Å²) in [5.41, 5.74) is -4.71. The fourth-order valence-corrected chi connectivity index (χ4v) is 2.00. The lowest BCUT2D eigenvalue weighted by atomic mass is 10.1. The smallest absolute Gasteiger partial charge is 0.433 e. The Morgan fingerprint density at radius 3 is 2.37 bits per heavy atom. The summed E-state index contributed by atoms with van der Waals surface area (Å²) in [5.74, 6) is -3.57. The lowest BCUT2D eigenvalue weighted by Crippen LogP contribution is -2.27. The molecular formula is C15H14F4N4O4. The molecule has 0 unspecified atom stereocenters. The van der Waals surface area contributed by atoms with Gasteiger partial charge in [-0.15, -0.1) is 0 Å². The Hall–Kier alpha value is -3.18. The Morgan fingerprint density at radius 1 is 1.22 bits per heavy atom. The summed E-state index contributed by atoms with van der Waals surface area (Å²) < 4.78 is 57.6. The number of halogens is 4. The van der Waals surface area contributed by atoms with Crippen molar-refractivity contribution in [2.24, 2.45) is 0 Å². The number of alkyl halides is 3. The SMILES string of the molecule is CC(C)(C)OC(=O)Nc1nc(-c2n[nH]c(C(F)(F)F)c2C(=O)O)ccc1F. The van der Waals surface area contributed by atoms with Crippen LogP contribution in [0.1, 0.15) is 36.8 Å². The largest absolute Gasteiger partial charge is 0.478 e. The van der Waals surface area contributed by atoms with Gasteiger partial charge in [0.1, 0.15) is 16.9 Å². The number of rotatable bonds is 3. The first kappa shape index (κ1) is 20.1. The third kappa shape index (κ3) is 4.71. The minimum absolute atomic E-state index is 0.397. The van der Waals surface area contributed by atoms with Gasteiger partial charge in [-0.05, 0) is 32.9 Å². The molecule has 0 aliphatic heterocycles. The number of hydrogen-bond acceptors (Lipinski definition) is 5. The summed E-state index contributed by atoms with van der Waals surface area (Å²) in [4.78, 5) is 26.6. The van der Waals surface area contributed by atoms with Gasteiger partial charge < -0.3 is 9.84 Å². The van der Waals surface area contributed by atoms with Crippen LogP contribution in [0.4, 0.5) is 28.2 Å². The second-order valence-electron chi connectivity index (χ2n) is 6.28. The fraction of sp³-hybridized carbons (Fsp3) is 0.333. The van der Waals surface area contributed by atoms with Crippen molar-refractivity contribution in [1.29, 1.82) is 0 Å². The van der Waals surface area contributed by atoms with Gasteiger partial charge >= 0.3 is 18.2 Å². The molecule has 8 nitrogen and oxygen atoms in total. The lowest BCUT2D eigenvalue weighted by Gasteiger charge is -2.19. The number of carboxylic acids is 1. The maximum Gasteiger partial charge on any atom is 0.433 e. The molecule has 0 aromatic carbocycles. The number of aromatic amines is 1. The average molecular weight is 390 g/mol. The van der Waals surface area contributed by atoms with E-state index >= 15 is 0 Å². The summed E-state index contributed by atoms with van der Waals surface area (Å²) in [6, 6.07) is 1.72.